The van der Waals surface area contributed by atoms with Crippen LogP contribution >= 0.6 is 0 Å². The summed E-state index contributed by atoms with van der Waals surface area (Å²) in [4.78, 5) is 24.5. The average molecular weight is 915 g/mol. The van der Waals surface area contributed by atoms with Gasteiger partial charge in [-0.15, -0.1) is 0 Å². The summed E-state index contributed by atoms with van der Waals surface area (Å²) in [6.45, 7) is 4.86. The van der Waals surface area contributed by atoms with Crippen LogP contribution < -0.4 is 5.32 Å². The molecule has 2 unspecified atom stereocenters. The molecule has 0 aromatic heterocycles. The molecule has 3 N–H and O–H groups in total. The van der Waals surface area contributed by atoms with Crippen LogP contribution in [-0.4, -0.2) is 47.4 Å². The molecule has 0 aromatic carbocycles. The Hall–Kier alpha value is -1.92. The molecule has 382 valence electrons. The van der Waals surface area contributed by atoms with Gasteiger partial charge in [0.15, 0.2) is 0 Å². The Balaban J connectivity index is 3.38. The number of aliphatic hydroxyl groups is 2. The monoisotopic (exact) mass is 914 g/mol. The van der Waals surface area contributed by atoms with Gasteiger partial charge in [0, 0.05) is 12.8 Å². The number of nitrogens with one attached hydrogen (secondary N) is 1. The average Bonchev–Trinajstić information content (AvgIpc) is 3.31. The lowest BCUT2D eigenvalue weighted by atomic mass is 10.0. The van der Waals surface area contributed by atoms with Gasteiger partial charge in [0.2, 0.25) is 5.91 Å². The number of carbonyl (C=O) groups excluding carboxylic acids is 2. The van der Waals surface area contributed by atoms with Gasteiger partial charge in [-0.1, -0.05) is 262 Å². The van der Waals surface area contributed by atoms with Gasteiger partial charge in [-0.05, 0) is 64.2 Å². The number of aliphatic hydroxyl groups excluding tert-OH is 2. The maximum absolute atomic E-state index is 12.4. The van der Waals surface area contributed by atoms with E-state index in [0.717, 1.165) is 51.4 Å². The number of esters is 1. The molecule has 1 amide bonds. The quantitative estimate of drug-likeness (QED) is 0.0321. The van der Waals surface area contributed by atoms with Crippen LogP contribution in [0.4, 0.5) is 0 Å². The van der Waals surface area contributed by atoms with Gasteiger partial charge in [-0.3, -0.25) is 9.59 Å². The van der Waals surface area contributed by atoms with Crippen LogP contribution in [0.25, 0.3) is 0 Å². The van der Waals surface area contributed by atoms with E-state index in [-0.39, 0.29) is 18.5 Å². The number of amides is 1. The van der Waals surface area contributed by atoms with Gasteiger partial charge in [-0.2, -0.15) is 0 Å². The van der Waals surface area contributed by atoms with Crippen LogP contribution in [0.1, 0.15) is 303 Å². The van der Waals surface area contributed by atoms with Gasteiger partial charge in [0.05, 0.1) is 25.4 Å². The molecule has 6 nitrogen and oxygen atoms in total. The molecule has 0 aliphatic heterocycles. The molecule has 0 fully saturated rings. The van der Waals surface area contributed by atoms with Crippen molar-refractivity contribution < 1.29 is 24.5 Å². The van der Waals surface area contributed by atoms with Crippen LogP contribution in [-0.2, 0) is 14.3 Å². The zero-order valence-corrected chi connectivity index (χ0v) is 43.5. The Morgan fingerprint density at radius 1 is 0.431 bits per heavy atom. The molecule has 0 saturated heterocycles. The molecule has 0 spiro atoms. The van der Waals surface area contributed by atoms with Crippen molar-refractivity contribution >= 4 is 11.9 Å². The van der Waals surface area contributed by atoms with Crippen molar-refractivity contribution in [1.82, 2.24) is 5.32 Å². The van der Waals surface area contributed by atoms with Crippen molar-refractivity contribution in [3.8, 4) is 0 Å². The highest BCUT2D eigenvalue weighted by Crippen LogP contribution is 2.17. The first-order valence-corrected chi connectivity index (χ1v) is 28.8. The number of hydrogen-bond acceptors (Lipinski definition) is 5. The minimum absolute atomic E-state index is 0.00218. The molecule has 0 radical (unpaired) electrons. The summed E-state index contributed by atoms with van der Waals surface area (Å²) in [5.41, 5.74) is 0. The number of rotatable bonds is 53. The van der Waals surface area contributed by atoms with Crippen LogP contribution in [0.2, 0.25) is 0 Å². The molecule has 0 heterocycles. The molecule has 2 atom stereocenters. The number of hydrogen-bond donors (Lipinski definition) is 3. The Bertz CT molecular complexity index is 1060. The van der Waals surface area contributed by atoms with Crippen LogP contribution in [0, 0.1) is 0 Å². The SMILES string of the molecule is CCCCCC/C=C\C/C=C\CCCCCCCCCC(=O)OCCCCCCCCCCCCCCCCCCCCCCC(=O)NC(CO)C(O)/C=C/CCCCCCCCCC. The van der Waals surface area contributed by atoms with Crippen molar-refractivity contribution in [3.05, 3.63) is 36.5 Å². The normalized spacial score (nSPS) is 12.9. The summed E-state index contributed by atoms with van der Waals surface area (Å²) in [5.74, 6) is -0.0698. The maximum atomic E-state index is 12.4. The molecular weight excluding hydrogens is 803 g/mol. The molecule has 6 heteroatoms. The Kier molecular flexibility index (Phi) is 53.1. The van der Waals surface area contributed by atoms with Crippen molar-refractivity contribution in [3.63, 3.8) is 0 Å². The number of ether oxygens (including phenoxy) is 1. The predicted octanol–water partition coefficient (Wildman–Crippen LogP) is 17.6. The second-order valence-corrected chi connectivity index (χ2v) is 19.6. The summed E-state index contributed by atoms with van der Waals surface area (Å²) >= 11 is 0. The third kappa shape index (κ3) is 51.3. The molecule has 0 aromatic rings. The fourth-order valence-electron chi connectivity index (χ4n) is 8.72. The first-order chi connectivity index (χ1) is 32.0. The summed E-state index contributed by atoms with van der Waals surface area (Å²) in [5, 5.41) is 23.0. The van der Waals surface area contributed by atoms with Gasteiger partial charge < -0.3 is 20.3 Å². The fraction of sp³-hybridized carbons (Fsp3) is 0.864. The van der Waals surface area contributed by atoms with Crippen molar-refractivity contribution in [2.24, 2.45) is 0 Å². The maximum Gasteiger partial charge on any atom is 0.305 e. The van der Waals surface area contributed by atoms with E-state index in [9.17, 15) is 19.8 Å². The summed E-state index contributed by atoms with van der Waals surface area (Å²) in [6.07, 6.45) is 67.4. The third-order valence-corrected chi connectivity index (χ3v) is 13.2. The zero-order valence-electron chi connectivity index (χ0n) is 43.5. The first kappa shape index (κ1) is 63.1. The molecule has 0 aliphatic carbocycles. The minimum Gasteiger partial charge on any atom is -0.466 e. The topological polar surface area (TPSA) is 95.9 Å². The highest BCUT2D eigenvalue weighted by atomic mass is 16.5. The van der Waals surface area contributed by atoms with Crippen LogP contribution in [0.5, 0.6) is 0 Å². The molecule has 0 saturated carbocycles. The lowest BCUT2D eigenvalue weighted by Crippen LogP contribution is -2.45. The van der Waals surface area contributed by atoms with Crippen LogP contribution in [0.3, 0.4) is 0 Å². The van der Waals surface area contributed by atoms with E-state index < -0.39 is 12.1 Å². The van der Waals surface area contributed by atoms with E-state index in [2.05, 4.69) is 43.5 Å². The highest BCUT2D eigenvalue weighted by molar-refractivity contribution is 5.76. The first-order valence-electron chi connectivity index (χ1n) is 28.8. The lowest BCUT2D eigenvalue weighted by molar-refractivity contribution is -0.143. The minimum atomic E-state index is -0.844. The zero-order chi connectivity index (χ0) is 47.2. The van der Waals surface area contributed by atoms with Gasteiger partial charge in [0.1, 0.15) is 0 Å². The lowest BCUT2D eigenvalue weighted by Gasteiger charge is -2.20. The third-order valence-electron chi connectivity index (χ3n) is 13.2. The molecular formula is C59H111NO5. The van der Waals surface area contributed by atoms with Gasteiger partial charge >= 0.3 is 5.97 Å². The molecule has 0 bridgehead atoms. The van der Waals surface area contributed by atoms with E-state index in [0.29, 0.717) is 19.4 Å². The highest BCUT2D eigenvalue weighted by Gasteiger charge is 2.18. The van der Waals surface area contributed by atoms with Crippen LogP contribution in [0.15, 0.2) is 36.5 Å². The van der Waals surface area contributed by atoms with Crippen molar-refractivity contribution in [1.29, 1.82) is 0 Å². The number of allylic oxidation sites excluding steroid dienone is 5. The second-order valence-electron chi connectivity index (χ2n) is 19.6. The molecule has 0 aliphatic rings. The second kappa shape index (κ2) is 54.7. The predicted molar refractivity (Wildman–Crippen MR) is 283 cm³/mol. The fourth-order valence-corrected chi connectivity index (χ4v) is 8.72. The molecule has 0 rings (SSSR count). The standard InChI is InChI=1S/C59H111NO5/c1-3-5-7-9-11-13-15-16-17-18-24-27-30-33-37-41-45-49-53-59(64)65-54-50-46-42-38-34-31-28-25-22-20-19-21-23-26-29-32-36-40-44-48-52-58(63)60-56(55-61)57(62)51-47-43-39-35-14-12-10-8-6-4-2/h13,15,17-18,47,51,56-57,61-62H,3-12,14,16,19-46,48-50,52-55H2,1-2H3,(H,60,63)/b15-13-,18-17-,51-47+. The summed E-state index contributed by atoms with van der Waals surface area (Å²) in [7, 11) is 0. The van der Waals surface area contributed by atoms with E-state index in [1.165, 1.54) is 225 Å². The largest absolute Gasteiger partial charge is 0.466 e. The smallest absolute Gasteiger partial charge is 0.305 e. The van der Waals surface area contributed by atoms with Crippen molar-refractivity contribution in [2.45, 2.75) is 315 Å². The molecule has 65 heavy (non-hydrogen) atoms. The summed E-state index contributed by atoms with van der Waals surface area (Å²) in [6, 6.07) is -0.628. The summed E-state index contributed by atoms with van der Waals surface area (Å²) < 4.78 is 5.49. The Labute approximate surface area is 404 Å². The number of carbonyl (C=O) groups is 2. The van der Waals surface area contributed by atoms with Gasteiger partial charge in [0.25, 0.3) is 0 Å². The van der Waals surface area contributed by atoms with E-state index in [1.54, 1.807) is 6.08 Å². The number of unbranched alkanes of at least 4 members (excludes halogenated alkanes) is 38. The van der Waals surface area contributed by atoms with E-state index in [1.807, 2.05) is 6.08 Å². The van der Waals surface area contributed by atoms with E-state index >= 15 is 0 Å². The van der Waals surface area contributed by atoms with E-state index in [4.69, 9.17) is 4.74 Å². The Morgan fingerprint density at radius 3 is 1.18 bits per heavy atom. The Morgan fingerprint density at radius 2 is 0.769 bits per heavy atom. The van der Waals surface area contributed by atoms with Gasteiger partial charge in [-0.25, -0.2) is 0 Å². The van der Waals surface area contributed by atoms with Crippen molar-refractivity contribution in [2.75, 3.05) is 13.2 Å².